The second-order valence-electron chi connectivity index (χ2n) is 5.21. The van der Waals surface area contributed by atoms with Gasteiger partial charge in [-0.05, 0) is 38.0 Å². The van der Waals surface area contributed by atoms with Gasteiger partial charge in [0, 0.05) is 6.61 Å². The smallest absolute Gasteiger partial charge is 0.271 e. The highest BCUT2D eigenvalue weighted by molar-refractivity contribution is 5.91. The van der Waals surface area contributed by atoms with Crippen LogP contribution in [-0.2, 0) is 17.7 Å². The molecular formula is C12H18N4O2. The minimum Gasteiger partial charge on any atom is -0.376 e. The molecule has 1 unspecified atom stereocenters. The molecule has 0 bridgehead atoms. The average molecular weight is 250 g/mol. The third-order valence-corrected chi connectivity index (χ3v) is 3.65. The number of nitrogens with two attached hydrogens (primary N) is 1. The number of primary amides is 1. The first kappa shape index (κ1) is 11.6. The van der Waals surface area contributed by atoms with Crippen LogP contribution in [0.5, 0.6) is 0 Å². The van der Waals surface area contributed by atoms with Crippen molar-refractivity contribution in [3.63, 3.8) is 0 Å². The lowest BCUT2D eigenvalue weighted by molar-refractivity contribution is 0.0924. The van der Waals surface area contributed by atoms with Gasteiger partial charge in [-0.25, -0.2) is 4.68 Å². The van der Waals surface area contributed by atoms with Crippen molar-refractivity contribution < 1.29 is 9.53 Å². The molecule has 1 atom stereocenters. The van der Waals surface area contributed by atoms with Gasteiger partial charge < -0.3 is 10.5 Å². The SMILES string of the molecule is NC(=O)c1nnn(CC2CCCO2)c1CC1CC1. The van der Waals surface area contributed by atoms with Crippen molar-refractivity contribution in [1.82, 2.24) is 15.0 Å². The molecule has 3 rings (SSSR count). The molecule has 2 aliphatic rings. The van der Waals surface area contributed by atoms with Gasteiger partial charge in [0.1, 0.15) is 0 Å². The molecule has 6 heteroatoms. The van der Waals surface area contributed by atoms with E-state index in [1.807, 2.05) is 4.68 Å². The van der Waals surface area contributed by atoms with Gasteiger partial charge in [0.2, 0.25) is 0 Å². The fourth-order valence-electron chi connectivity index (χ4n) is 2.45. The van der Waals surface area contributed by atoms with Crippen LogP contribution in [0.25, 0.3) is 0 Å². The highest BCUT2D eigenvalue weighted by Crippen LogP contribution is 2.33. The average Bonchev–Trinajstić information content (AvgIpc) is 2.86. The van der Waals surface area contributed by atoms with Crippen molar-refractivity contribution in [2.75, 3.05) is 6.61 Å². The largest absolute Gasteiger partial charge is 0.376 e. The van der Waals surface area contributed by atoms with Crippen LogP contribution in [0.4, 0.5) is 0 Å². The molecule has 1 saturated carbocycles. The van der Waals surface area contributed by atoms with Crippen LogP contribution in [0.2, 0.25) is 0 Å². The molecule has 2 fully saturated rings. The van der Waals surface area contributed by atoms with Crippen LogP contribution in [0, 0.1) is 5.92 Å². The van der Waals surface area contributed by atoms with E-state index in [9.17, 15) is 4.79 Å². The zero-order valence-corrected chi connectivity index (χ0v) is 10.3. The quantitative estimate of drug-likeness (QED) is 0.825. The fraction of sp³-hybridized carbons (Fsp3) is 0.750. The van der Waals surface area contributed by atoms with Crippen molar-refractivity contribution in [3.8, 4) is 0 Å². The number of rotatable bonds is 5. The van der Waals surface area contributed by atoms with E-state index in [1.165, 1.54) is 12.8 Å². The van der Waals surface area contributed by atoms with Gasteiger partial charge in [0.05, 0.1) is 18.3 Å². The topological polar surface area (TPSA) is 83.0 Å². The maximum Gasteiger partial charge on any atom is 0.271 e. The molecule has 6 nitrogen and oxygen atoms in total. The van der Waals surface area contributed by atoms with Crippen LogP contribution in [0.1, 0.15) is 41.9 Å². The van der Waals surface area contributed by atoms with Gasteiger partial charge in [-0.2, -0.15) is 0 Å². The van der Waals surface area contributed by atoms with E-state index in [2.05, 4.69) is 10.3 Å². The first-order valence-corrected chi connectivity index (χ1v) is 6.58. The molecule has 2 heterocycles. The number of carbonyl (C=O) groups is 1. The van der Waals surface area contributed by atoms with Crippen molar-refractivity contribution in [1.29, 1.82) is 0 Å². The first-order chi connectivity index (χ1) is 8.74. The van der Waals surface area contributed by atoms with Crippen molar-refractivity contribution in [2.45, 2.75) is 44.8 Å². The Morgan fingerprint density at radius 3 is 2.89 bits per heavy atom. The van der Waals surface area contributed by atoms with Crippen molar-refractivity contribution in [3.05, 3.63) is 11.4 Å². The number of hydrogen-bond donors (Lipinski definition) is 1. The van der Waals surface area contributed by atoms with Gasteiger partial charge >= 0.3 is 0 Å². The van der Waals surface area contributed by atoms with E-state index < -0.39 is 5.91 Å². The molecule has 1 aliphatic carbocycles. The van der Waals surface area contributed by atoms with E-state index in [4.69, 9.17) is 10.5 Å². The van der Waals surface area contributed by atoms with Gasteiger partial charge in [-0.3, -0.25) is 4.79 Å². The normalized spacial score (nSPS) is 23.4. The van der Waals surface area contributed by atoms with Gasteiger partial charge in [0.15, 0.2) is 5.69 Å². The number of amides is 1. The Morgan fingerprint density at radius 1 is 1.44 bits per heavy atom. The van der Waals surface area contributed by atoms with Crippen LogP contribution in [0.3, 0.4) is 0 Å². The minimum absolute atomic E-state index is 0.199. The minimum atomic E-state index is -0.482. The summed E-state index contributed by atoms with van der Waals surface area (Å²) in [5.41, 5.74) is 6.57. The number of aromatic nitrogens is 3. The lowest BCUT2D eigenvalue weighted by Crippen LogP contribution is -2.20. The van der Waals surface area contributed by atoms with Crippen LogP contribution >= 0.6 is 0 Å². The molecule has 18 heavy (non-hydrogen) atoms. The molecule has 98 valence electrons. The molecular weight excluding hydrogens is 232 g/mol. The Hall–Kier alpha value is -1.43. The maximum absolute atomic E-state index is 11.3. The summed E-state index contributed by atoms with van der Waals surface area (Å²) in [6.45, 7) is 1.50. The predicted molar refractivity (Wildman–Crippen MR) is 63.9 cm³/mol. The summed E-state index contributed by atoms with van der Waals surface area (Å²) in [6.07, 6.45) is 5.66. The van der Waals surface area contributed by atoms with Gasteiger partial charge in [0.25, 0.3) is 5.91 Å². The molecule has 0 radical (unpaired) electrons. The molecule has 1 amide bonds. The summed E-state index contributed by atoms with van der Waals surface area (Å²) in [4.78, 5) is 11.3. The third-order valence-electron chi connectivity index (χ3n) is 3.65. The molecule has 0 spiro atoms. The van der Waals surface area contributed by atoms with E-state index >= 15 is 0 Å². The molecule has 1 aliphatic heterocycles. The zero-order valence-electron chi connectivity index (χ0n) is 10.3. The summed E-state index contributed by atoms with van der Waals surface area (Å²) >= 11 is 0. The molecule has 1 saturated heterocycles. The third kappa shape index (κ3) is 2.38. The Balaban J connectivity index is 1.80. The van der Waals surface area contributed by atoms with Crippen molar-refractivity contribution >= 4 is 5.91 Å². The Morgan fingerprint density at radius 2 is 2.28 bits per heavy atom. The summed E-state index contributed by atoms with van der Waals surface area (Å²) in [7, 11) is 0. The van der Waals surface area contributed by atoms with Gasteiger partial charge in [-0.1, -0.05) is 5.21 Å². The highest BCUT2D eigenvalue weighted by atomic mass is 16.5. The first-order valence-electron chi connectivity index (χ1n) is 6.58. The number of nitrogens with zero attached hydrogens (tertiary/aromatic N) is 3. The Bertz CT molecular complexity index is 447. The maximum atomic E-state index is 11.3. The van der Waals surface area contributed by atoms with Crippen LogP contribution in [-0.4, -0.2) is 33.6 Å². The lowest BCUT2D eigenvalue weighted by atomic mass is 10.1. The van der Waals surface area contributed by atoms with E-state index in [1.54, 1.807) is 0 Å². The summed E-state index contributed by atoms with van der Waals surface area (Å²) < 4.78 is 7.41. The molecule has 1 aromatic heterocycles. The lowest BCUT2D eigenvalue weighted by Gasteiger charge is -2.11. The fourth-order valence-corrected chi connectivity index (χ4v) is 2.45. The second-order valence-corrected chi connectivity index (χ2v) is 5.21. The van der Waals surface area contributed by atoms with E-state index in [0.29, 0.717) is 18.2 Å². The second kappa shape index (κ2) is 4.68. The Kier molecular flexibility index (Phi) is 3.03. The number of hydrogen-bond acceptors (Lipinski definition) is 4. The standard InChI is InChI=1S/C12H18N4O2/c13-12(17)11-10(6-8-3-4-8)16(15-14-11)7-9-2-1-5-18-9/h8-9H,1-7H2,(H2,13,17). The molecule has 0 aromatic carbocycles. The summed E-state index contributed by atoms with van der Waals surface area (Å²) in [5, 5.41) is 7.99. The van der Waals surface area contributed by atoms with Crippen LogP contribution in [0.15, 0.2) is 0 Å². The highest BCUT2D eigenvalue weighted by Gasteiger charge is 2.28. The van der Waals surface area contributed by atoms with Gasteiger partial charge in [-0.15, -0.1) is 5.10 Å². The number of carbonyl (C=O) groups excluding carboxylic acids is 1. The molecule has 1 aromatic rings. The Labute approximate surface area is 105 Å². The molecule has 2 N–H and O–H groups in total. The zero-order chi connectivity index (χ0) is 12.5. The van der Waals surface area contributed by atoms with E-state index in [0.717, 1.165) is 31.6 Å². The predicted octanol–water partition coefficient (Wildman–Crippen LogP) is 0.508. The number of ether oxygens (including phenoxy) is 1. The summed E-state index contributed by atoms with van der Waals surface area (Å²) in [5.74, 6) is 0.189. The van der Waals surface area contributed by atoms with E-state index in [-0.39, 0.29) is 6.10 Å². The summed E-state index contributed by atoms with van der Waals surface area (Å²) in [6, 6.07) is 0. The van der Waals surface area contributed by atoms with Crippen LogP contribution < -0.4 is 5.73 Å². The monoisotopic (exact) mass is 250 g/mol. The van der Waals surface area contributed by atoms with Crippen molar-refractivity contribution in [2.24, 2.45) is 11.7 Å².